The highest BCUT2D eigenvalue weighted by Gasteiger charge is 2.42. The molecule has 9 heteroatoms. The van der Waals surface area contributed by atoms with Crippen molar-refractivity contribution in [1.29, 1.82) is 0 Å². The van der Waals surface area contributed by atoms with Crippen molar-refractivity contribution in [3.63, 3.8) is 0 Å². The molecule has 0 radical (unpaired) electrons. The third-order valence-electron chi connectivity index (χ3n) is 7.21. The number of hydrogen-bond acceptors (Lipinski definition) is 3. The van der Waals surface area contributed by atoms with Crippen molar-refractivity contribution < 1.29 is 26.7 Å². The zero-order valence-corrected chi connectivity index (χ0v) is 19.9. The number of carbonyl (C=O) groups excluding carboxylic acids is 1. The van der Waals surface area contributed by atoms with Gasteiger partial charge >= 0.3 is 6.18 Å². The van der Waals surface area contributed by atoms with Gasteiger partial charge in [0.05, 0.1) is 23.2 Å². The van der Waals surface area contributed by atoms with Gasteiger partial charge in [-0.15, -0.1) is 0 Å². The van der Waals surface area contributed by atoms with Gasteiger partial charge in [0.25, 0.3) is 0 Å². The number of benzene rings is 3. The van der Waals surface area contributed by atoms with Gasteiger partial charge in [0.1, 0.15) is 11.6 Å². The number of fused-ring (bicyclic) bond motifs is 3. The van der Waals surface area contributed by atoms with Crippen molar-refractivity contribution in [2.45, 2.75) is 25.1 Å². The van der Waals surface area contributed by atoms with Gasteiger partial charge in [0.2, 0.25) is 5.91 Å². The quantitative estimate of drug-likeness (QED) is 0.454. The Bertz CT molecular complexity index is 1280. The topological polar surface area (TPSA) is 35.6 Å². The van der Waals surface area contributed by atoms with Crippen molar-refractivity contribution in [2.75, 3.05) is 36.4 Å². The van der Waals surface area contributed by atoms with E-state index in [4.69, 9.17) is 0 Å². The maximum Gasteiger partial charge on any atom is 0.416 e. The molecule has 0 spiro atoms. The van der Waals surface area contributed by atoms with E-state index in [1.165, 1.54) is 11.6 Å². The summed E-state index contributed by atoms with van der Waals surface area (Å²) >= 11 is 0. The summed E-state index contributed by atoms with van der Waals surface area (Å²) in [7, 11) is 0. The van der Waals surface area contributed by atoms with Crippen LogP contribution in [-0.4, -0.2) is 43.0 Å². The van der Waals surface area contributed by atoms with E-state index >= 15 is 0 Å². The van der Waals surface area contributed by atoms with Crippen LogP contribution in [0, 0.1) is 17.6 Å². The predicted octanol–water partition coefficient (Wildman–Crippen LogP) is 5.53. The molecule has 0 bridgehead atoms. The second kappa shape index (κ2) is 10.1. The molecule has 4 nitrogen and oxygen atoms in total. The maximum absolute atomic E-state index is 14.3. The Labute approximate surface area is 211 Å². The standard InChI is InChI=1S/C28H26F5N3O/c29-21-7-8-24(23(30)16-21)34-27(37)22-15-19-14-20(28(31,32)33)6-9-25(19)36-13-12-35(17-26(22)36)11-10-18-4-2-1-3-5-18/h1-9,14,16,22,26H,10-13,15,17H2,(H,34,37)/t22-,26+/m1/s1. The molecule has 5 rings (SSSR count). The molecule has 1 N–H and O–H groups in total. The van der Waals surface area contributed by atoms with Gasteiger partial charge in [-0.05, 0) is 54.3 Å². The Kier molecular flexibility index (Phi) is 6.90. The van der Waals surface area contributed by atoms with E-state index in [2.05, 4.69) is 22.3 Å². The molecule has 194 valence electrons. The summed E-state index contributed by atoms with van der Waals surface area (Å²) in [6.45, 7) is 2.56. The van der Waals surface area contributed by atoms with E-state index in [1.54, 1.807) is 0 Å². The molecule has 0 unspecified atom stereocenters. The molecule has 2 heterocycles. The molecule has 0 aromatic heterocycles. The van der Waals surface area contributed by atoms with E-state index in [-0.39, 0.29) is 18.2 Å². The van der Waals surface area contributed by atoms with Crippen LogP contribution in [0.15, 0.2) is 66.7 Å². The fraction of sp³-hybridized carbons (Fsp3) is 0.321. The molecular formula is C28H26F5N3O. The Morgan fingerprint density at radius 3 is 2.49 bits per heavy atom. The second-order valence-electron chi connectivity index (χ2n) is 9.56. The van der Waals surface area contributed by atoms with Gasteiger partial charge in [0, 0.05) is 37.9 Å². The number of nitrogens with zero attached hydrogens (tertiary/aromatic N) is 2. The van der Waals surface area contributed by atoms with E-state index in [1.807, 2.05) is 23.1 Å². The summed E-state index contributed by atoms with van der Waals surface area (Å²) in [6.07, 6.45) is -3.59. The van der Waals surface area contributed by atoms with Crippen LogP contribution in [0.4, 0.5) is 33.3 Å². The zero-order valence-electron chi connectivity index (χ0n) is 19.9. The molecule has 1 fully saturated rings. The summed E-state index contributed by atoms with van der Waals surface area (Å²) in [5.74, 6) is -2.91. The van der Waals surface area contributed by atoms with Gasteiger partial charge in [-0.3, -0.25) is 9.69 Å². The Morgan fingerprint density at radius 2 is 1.76 bits per heavy atom. The van der Waals surface area contributed by atoms with Crippen molar-refractivity contribution in [3.05, 3.63) is 95.1 Å². The molecule has 2 aliphatic rings. The second-order valence-corrected chi connectivity index (χ2v) is 9.56. The first-order chi connectivity index (χ1) is 17.7. The third-order valence-corrected chi connectivity index (χ3v) is 7.21. The molecule has 1 amide bonds. The van der Waals surface area contributed by atoms with Crippen LogP contribution >= 0.6 is 0 Å². The molecular weight excluding hydrogens is 489 g/mol. The Balaban J connectivity index is 1.41. The van der Waals surface area contributed by atoms with Gasteiger partial charge in [-0.25, -0.2) is 8.78 Å². The minimum atomic E-state index is -4.50. The molecule has 2 aliphatic heterocycles. The van der Waals surface area contributed by atoms with Crippen LogP contribution in [-0.2, 0) is 23.8 Å². The average molecular weight is 516 g/mol. The van der Waals surface area contributed by atoms with Crippen molar-refractivity contribution >= 4 is 17.3 Å². The van der Waals surface area contributed by atoms with Crippen LogP contribution in [0.1, 0.15) is 16.7 Å². The highest BCUT2D eigenvalue weighted by atomic mass is 19.4. The van der Waals surface area contributed by atoms with E-state index in [9.17, 15) is 26.7 Å². The lowest BCUT2D eigenvalue weighted by Crippen LogP contribution is -2.60. The van der Waals surface area contributed by atoms with Crippen LogP contribution in [0.25, 0.3) is 0 Å². The first-order valence-electron chi connectivity index (χ1n) is 12.2. The fourth-order valence-electron chi connectivity index (χ4n) is 5.31. The van der Waals surface area contributed by atoms with Crippen LogP contribution in [0.3, 0.4) is 0 Å². The summed E-state index contributed by atoms with van der Waals surface area (Å²) in [5, 5.41) is 2.54. The summed E-state index contributed by atoms with van der Waals surface area (Å²) < 4.78 is 67.8. The minimum absolute atomic E-state index is 0.0849. The number of piperazine rings is 1. The highest BCUT2D eigenvalue weighted by molar-refractivity contribution is 5.94. The molecule has 2 atom stereocenters. The van der Waals surface area contributed by atoms with Gasteiger partial charge in [0.15, 0.2) is 0 Å². The Morgan fingerprint density at radius 1 is 0.973 bits per heavy atom. The lowest BCUT2D eigenvalue weighted by atomic mass is 9.82. The summed E-state index contributed by atoms with van der Waals surface area (Å²) in [6, 6.07) is 16.3. The predicted molar refractivity (Wildman–Crippen MR) is 131 cm³/mol. The fourth-order valence-corrected chi connectivity index (χ4v) is 5.31. The number of nitrogens with one attached hydrogen (secondary N) is 1. The highest BCUT2D eigenvalue weighted by Crippen LogP contribution is 2.40. The number of rotatable bonds is 5. The zero-order chi connectivity index (χ0) is 26.2. The average Bonchev–Trinajstić information content (AvgIpc) is 2.88. The number of halogens is 5. The van der Waals surface area contributed by atoms with Crippen LogP contribution < -0.4 is 10.2 Å². The molecule has 37 heavy (non-hydrogen) atoms. The van der Waals surface area contributed by atoms with E-state index < -0.39 is 35.2 Å². The lowest BCUT2D eigenvalue weighted by Gasteiger charge is -2.49. The normalized spacial score (nSPS) is 19.8. The smallest absolute Gasteiger partial charge is 0.365 e. The van der Waals surface area contributed by atoms with Gasteiger partial charge in [-0.1, -0.05) is 30.3 Å². The largest absolute Gasteiger partial charge is 0.416 e. The van der Waals surface area contributed by atoms with Gasteiger partial charge in [-0.2, -0.15) is 13.2 Å². The molecule has 3 aromatic rings. The first kappa shape index (κ1) is 25.2. The van der Waals surface area contributed by atoms with Crippen LogP contribution in [0.2, 0.25) is 0 Å². The number of carbonyl (C=O) groups is 1. The number of hydrogen-bond donors (Lipinski definition) is 1. The first-order valence-corrected chi connectivity index (χ1v) is 12.2. The summed E-state index contributed by atoms with van der Waals surface area (Å²) in [5.41, 5.74) is 1.39. The SMILES string of the molecule is O=C(Nc1ccc(F)cc1F)[C@@H]1Cc2cc(C(F)(F)F)ccc2N2CCN(CCc3ccccc3)C[C@@H]12. The van der Waals surface area contributed by atoms with Crippen LogP contribution in [0.5, 0.6) is 0 Å². The maximum atomic E-state index is 14.3. The van der Waals surface area contributed by atoms with Crippen molar-refractivity contribution in [2.24, 2.45) is 5.92 Å². The van der Waals surface area contributed by atoms with E-state index in [0.29, 0.717) is 37.0 Å². The number of anilines is 2. The number of amides is 1. The van der Waals surface area contributed by atoms with Gasteiger partial charge < -0.3 is 10.2 Å². The molecule has 1 saturated heterocycles. The van der Waals surface area contributed by atoms with E-state index in [0.717, 1.165) is 37.2 Å². The van der Waals surface area contributed by atoms with Crippen molar-refractivity contribution in [3.8, 4) is 0 Å². The Hall–Kier alpha value is -3.46. The monoisotopic (exact) mass is 515 g/mol. The molecule has 0 aliphatic carbocycles. The number of alkyl halides is 3. The third kappa shape index (κ3) is 5.46. The lowest BCUT2D eigenvalue weighted by molar-refractivity contribution is -0.137. The molecule has 0 saturated carbocycles. The summed E-state index contributed by atoms with van der Waals surface area (Å²) in [4.78, 5) is 17.7. The minimum Gasteiger partial charge on any atom is -0.365 e. The van der Waals surface area contributed by atoms with Crippen molar-refractivity contribution in [1.82, 2.24) is 4.90 Å². The molecule has 3 aromatic carbocycles.